The van der Waals surface area contributed by atoms with Gasteiger partial charge in [0.05, 0.1) is 6.10 Å². The molecule has 186 valence electrons. The van der Waals surface area contributed by atoms with Crippen molar-refractivity contribution in [2.75, 3.05) is 26.3 Å². The number of carbonyl (C=O) groups is 1. The molecule has 2 atom stereocenters. The number of amides is 1. The summed E-state index contributed by atoms with van der Waals surface area (Å²) < 4.78 is 11.4. The summed E-state index contributed by atoms with van der Waals surface area (Å²) in [5, 5.41) is 3.26. The van der Waals surface area contributed by atoms with Crippen LogP contribution in [0.4, 0.5) is 0 Å². The Morgan fingerprint density at radius 3 is 2.60 bits per heavy atom. The molecule has 2 aromatic rings. The Labute approximate surface area is 209 Å². The fourth-order valence-corrected chi connectivity index (χ4v) is 6.09. The number of benzene rings is 2. The smallest absolute Gasteiger partial charge is 0.251 e. The molecule has 1 spiro atoms. The van der Waals surface area contributed by atoms with Crippen LogP contribution in [0.3, 0.4) is 0 Å². The van der Waals surface area contributed by atoms with Crippen molar-refractivity contribution in [1.82, 2.24) is 10.2 Å². The van der Waals surface area contributed by atoms with Gasteiger partial charge in [-0.3, -0.25) is 9.69 Å². The summed E-state index contributed by atoms with van der Waals surface area (Å²) in [5.74, 6) is 0.787. The fourth-order valence-electron chi connectivity index (χ4n) is 6.09. The van der Waals surface area contributed by atoms with Gasteiger partial charge < -0.3 is 14.8 Å². The number of nitrogens with one attached hydrogen (secondary N) is 1. The van der Waals surface area contributed by atoms with Gasteiger partial charge in [-0.2, -0.15) is 0 Å². The molecule has 0 radical (unpaired) electrons. The first kappa shape index (κ1) is 23.1. The lowest BCUT2D eigenvalue weighted by molar-refractivity contribution is 0.0679. The van der Waals surface area contributed by atoms with Crippen molar-refractivity contribution in [3.8, 4) is 5.75 Å². The quantitative estimate of drug-likeness (QED) is 0.620. The van der Waals surface area contributed by atoms with E-state index in [9.17, 15) is 4.79 Å². The second-order valence-electron chi connectivity index (χ2n) is 11.3. The Morgan fingerprint density at radius 2 is 1.86 bits per heavy atom. The number of ether oxygens (including phenoxy) is 2. The number of fused-ring (bicyclic) bond motifs is 1. The molecule has 0 bridgehead atoms. The van der Waals surface area contributed by atoms with Gasteiger partial charge in [0.25, 0.3) is 5.91 Å². The Kier molecular flexibility index (Phi) is 6.55. The molecule has 35 heavy (non-hydrogen) atoms. The average Bonchev–Trinajstić information content (AvgIpc) is 3.42. The minimum absolute atomic E-state index is 0.000667. The fraction of sp³-hybridized carbons (Fsp3) is 0.567. The minimum Gasteiger partial charge on any atom is -0.491 e. The second-order valence-corrected chi connectivity index (χ2v) is 11.3. The lowest BCUT2D eigenvalue weighted by atomic mass is 9.86. The summed E-state index contributed by atoms with van der Waals surface area (Å²) in [6.45, 7) is 5.00. The number of nitrogens with zero attached hydrogens (tertiary/aromatic N) is 1. The van der Waals surface area contributed by atoms with Crippen LogP contribution < -0.4 is 10.1 Å². The van der Waals surface area contributed by atoms with Crippen molar-refractivity contribution in [2.45, 2.75) is 76.5 Å². The normalized spacial score (nSPS) is 25.3. The predicted molar refractivity (Wildman–Crippen MR) is 137 cm³/mol. The summed E-state index contributed by atoms with van der Waals surface area (Å²) in [7, 11) is 0. The summed E-state index contributed by atoms with van der Waals surface area (Å²) in [6, 6.07) is 14.7. The molecule has 2 aromatic carbocycles. The molecule has 5 nitrogen and oxygen atoms in total. The molecule has 0 unspecified atom stereocenters. The van der Waals surface area contributed by atoms with Crippen molar-refractivity contribution < 1.29 is 14.3 Å². The lowest BCUT2D eigenvalue weighted by Crippen LogP contribution is -2.39. The van der Waals surface area contributed by atoms with E-state index >= 15 is 0 Å². The zero-order chi connectivity index (χ0) is 23.7. The third-order valence-corrected chi connectivity index (χ3v) is 8.69. The Morgan fingerprint density at radius 1 is 1.03 bits per heavy atom. The summed E-state index contributed by atoms with van der Waals surface area (Å²) in [5.41, 5.74) is 5.73. The van der Waals surface area contributed by atoms with Crippen LogP contribution in [0.1, 0.15) is 72.0 Å². The molecular weight excluding hydrogens is 436 g/mol. The van der Waals surface area contributed by atoms with E-state index in [1.807, 2.05) is 24.3 Å². The average molecular weight is 475 g/mol. The van der Waals surface area contributed by atoms with Crippen LogP contribution in [0.5, 0.6) is 5.75 Å². The van der Waals surface area contributed by atoms with Gasteiger partial charge >= 0.3 is 0 Å². The topological polar surface area (TPSA) is 50.8 Å². The largest absolute Gasteiger partial charge is 0.491 e. The van der Waals surface area contributed by atoms with Crippen LogP contribution in [-0.4, -0.2) is 49.3 Å². The first-order chi connectivity index (χ1) is 17.1. The molecular formula is C30H38N2O3. The summed E-state index contributed by atoms with van der Waals surface area (Å²) in [4.78, 5) is 15.5. The minimum atomic E-state index is -0.000667. The van der Waals surface area contributed by atoms with Gasteiger partial charge in [0.1, 0.15) is 12.4 Å². The highest BCUT2D eigenvalue weighted by Gasteiger charge is 2.44. The maximum atomic E-state index is 12.9. The number of likely N-dealkylation sites (tertiary alicyclic amines) is 1. The van der Waals surface area contributed by atoms with Gasteiger partial charge in [-0.1, -0.05) is 18.2 Å². The molecule has 4 aliphatic rings. The van der Waals surface area contributed by atoms with Gasteiger partial charge in [-0.05, 0) is 117 Å². The zero-order valence-corrected chi connectivity index (χ0v) is 20.8. The number of piperidine rings is 1. The van der Waals surface area contributed by atoms with E-state index in [2.05, 4.69) is 28.4 Å². The van der Waals surface area contributed by atoms with Crippen LogP contribution in [0.25, 0.3) is 0 Å². The highest BCUT2D eigenvalue weighted by Crippen LogP contribution is 2.53. The second kappa shape index (κ2) is 9.94. The Hall–Kier alpha value is -2.37. The first-order valence-corrected chi connectivity index (χ1v) is 13.6. The molecule has 1 saturated carbocycles. The monoisotopic (exact) mass is 474 g/mol. The van der Waals surface area contributed by atoms with Crippen LogP contribution in [0.2, 0.25) is 0 Å². The Bertz CT molecular complexity index is 1030. The summed E-state index contributed by atoms with van der Waals surface area (Å²) >= 11 is 0. The highest BCUT2D eigenvalue weighted by molar-refractivity contribution is 5.94. The number of rotatable bonds is 7. The molecule has 2 saturated heterocycles. The van der Waals surface area contributed by atoms with Gasteiger partial charge in [0.15, 0.2) is 0 Å². The molecule has 5 heteroatoms. The molecule has 2 aliphatic carbocycles. The van der Waals surface area contributed by atoms with E-state index in [1.165, 1.54) is 55.5 Å². The molecule has 2 heterocycles. The van der Waals surface area contributed by atoms with E-state index in [-0.39, 0.29) is 18.1 Å². The third kappa shape index (κ3) is 5.57. The number of hydrogen-bond donors (Lipinski definition) is 1. The van der Waals surface area contributed by atoms with Crippen molar-refractivity contribution >= 4 is 5.91 Å². The van der Waals surface area contributed by atoms with E-state index in [0.29, 0.717) is 12.2 Å². The summed E-state index contributed by atoms with van der Waals surface area (Å²) in [6.07, 6.45) is 11.0. The van der Waals surface area contributed by atoms with Gasteiger partial charge in [0, 0.05) is 24.8 Å². The van der Waals surface area contributed by atoms with E-state index in [0.717, 1.165) is 56.4 Å². The van der Waals surface area contributed by atoms with Crippen molar-refractivity contribution in [3.05, 3.63) is 64.7 Å². The van der Waals surface area contributed by atoms with Crippen LogP contribution in [-0.2, 0) is 24.1 Å². The standard InChI is InChI=1S/C30H38N2O3/c33-29(23-6-9-27(10-7-23)35-21-28-2-1-17-34-28)31-26-8-5-24-18-22(3-4-25(24)19-26)20-32-15-13-30(11-12-30)14-16-32/h3-4,6-7,9-10,18,26,28H,1-2,5,8,11-17,19-21H2,(H,31,33)/t26-,28-/m0/s1. The van der Waals surface area contributed by atoms with Crippen molar-refractivity contribution in [3.63, 3.8) is 0 Å². The molecule has 1 N–H and O–H groups in total. The van der Waals surface area contributed by atoms with E-state index in [1.54, 1.807) is 0 Å². The third-order valence-electron chi connectivity index (χ3n) is 8.69. The van der Waals surface area contributed by atoms with Crippen LogP contribution in [0.15, 0.2) is 42.5 Å². The maximum absolute atomic E-state index is 12.9. The number of carbonyl (C=O) groups excluding carboxylic acids is 1. The first-order valence-electron chi connectivity index (χ1n) is 13.6. The SMILES string of the molecule is O=C(N[C@H]1CCc2cc(CN3CCC4(CC3)CC4)ccc2C1)c1ccc(OC[C@@H]2CCCO2)cc1. The van der Waals surface area contributed by atoms with Crippen LogP contribution in [0, 0.1) is 5.41 Å². The molecule has 1 amide bonds. The van der Waals surface area contributed by atoms with Crippen LogP contribution >= 0.6 is 0 Å². The molecule has 0 aromatic heterocycles. The number of hydrogen-bond acceptors (Lipinski definition) is 4. The van der Waals surface area contributed by atoms with Crippen molar-refractivity contribution in [1.29, 1.82) is 0 Å². The van der Waals surface area contributed by atoms with Gasteiger partial charge in [-0.15, -0.1) is 0 Å². The lowest BCUT2D eigenvalue weighted by Gasteiger charge is -2.32. The highest BCUT2D eigenvalue weighted by atomic mass is 16.5. The zero-order valence-electron chi connectivity index (χ0n) is 20.8. The predicted octanol–water partition coefficient (Wildman–Crippen LogP) is 4.91. The molecule has 3 fully saturated rings. The van der Waals surface area contributed by atoms with E-state index in [4.69, 9.17) is 9.47 Å². The van der Waals surface area contributed by atoms with Gasteiger partial charge in [0.2, 0.25) is 0 Å². The molecule has 6 rings (SSSR count). The Balaban J connectivity index is 0.989. The van der Waals surface area contributed by atoms with E-state index < -0.39 is 0 Å². The van der Waals surface area contributed by atoms with Gasteiger partial charge in [-0.25, -0.2) is 0 Å². The maximum Gasteiger partial charge on any atom is 0.251 e. The molecule has 2 aliphatic heterocycles. The number of aryl methyl sites for hydroxylation is 1. The van der Waals surface area contributed by atoms with Crippen molar-refractivity contribution in [2.24, 2.45) is 5.41 Å².